The molecule has 24 heavy (non-hydrogen) atoms. The second-order valence-electron chi connectivity index (χ2n) is 4.45. The van der Waals surface area contributed by atoms with Gasteiger partial charge in [-0.05, 0) is 12.1 Å². The largest absolute Gasteiger partial charge is 0.494 e. The Hall–Kier alpha value is -3.39. The Morgan fingerprint density at radius 2 is 1.33 bits per heavy atom. The van der Waals surface area contributed by atoms with Crippen LogP contribution in [0.3, 0.4) is 0 Å². The molecule has 0 aliphatic carbocycles. The van der Waals surface area contributed by atoms with Crippen LogP contribution in [0.4, 0.5) is 24.5 Å². The molecule has 0 saturated carbocycles. The maximum absolute atomic E-state index is 14.4. The molecule has 0 atom stereocenters. The highest BCUT2D eigenvalue weighted by molar-refractivity contribution is 5.75. The molecule has 0 bridgehead atoms. The van der Waals surface area contributed by atoms with Gasteiger partial charge in [0.2, 0.25) is 0 Å². The molecule has 0 aliphatic heterocycles. The van der Waals surface area contributed by atoms with Crippen molar-refractivity contribution in [3.8, 4) is 23.6 Å². The van der Waals surface area contributed by atoms with Gasteiger partial charge in [-0.15, -0.1) is 0 Å². The van der Waals surface area contributed by atoms with Crippen molar-refractivity contribution in [3.63, 3.8) is 0 Å². The molecule has 1 N–H and O–H groups in total. The Morgan fingerprint density at radius 1 is 0.833 bits per heavy atom. The summed E-state index contributed by atoms with van der Waals surface area (Å²) >= 11 is 0. The standard InChI is InChI=1S/C16H10F3N3O2/c1-23-10-4-3-5-11(24-2)15(10)22-16-13(18)9(7-21)8(6-20)12(17)14(16)19/h3-5,22H,1-2H3. The summed E-state index contributed by atoms with van der Waals surface area (Å²) in [6, 6.07) is 7.20. The lowest BCUT2D eigenvalue weighted by atomic mass is 10.1. The third-order valence-electron chi connectivity index (χ3n) is 3.22. The Labute approximate surface area is 135 Å². The summed E-state index contributed by atoms with van der Waals surface area (Å²) in [7, 11) is 2.65. The lowest BCUT2D eigenvalue weighted by Gasteiger charge is -2.16. The first-order valence-electron chi connectivity index (χ1n) is 6.48. The Kier molecular flexibility index (Phi) is 4.81. The van der Waals surface area contributed by atoms with E-state index in [1.165, 1.54) is 38.5 Å². The molecule has 8 heteroatoms. The minimum Gasteiger partial charge on any atom is -0.494 e. The number of ether oxygens (including phenoxy) is 2. The van der Waals surface area contributed by atoms with Crippen LogP contribution in [0, 0.1) is 40.1 Å². The fourth-order valence-corrected chi connectivity index (χ4v) is 2.08. The number of methoxy groups -OCH3 is 2. The minimum absolute atomic E-state index is 0.0355. The Bertz CT molecular complexity index is 864. The van der Waals surface area contributed by atoms with Gasteiger partial charge < -0.3 is 14.8 Å². The highest BCUT2D eigenvalue weighted by Crippen LogP contribution is 2.39. The van der Waals surface area contributed by atoms with E-state index >= 15 is 0 Å². The predicted octanol–water partition coefficient (Wildman–Crippen LogP) is 3.61. The number of nitriles is 2. The first kappa shape index (κ1) is 17.0. The third-order valence-corrected chi connectivity index (χ3v) is 3.22. The fraction of sp³-hybridized carbons (Fsp3) is 0.125. The van der Waals surface area contributed by atoms with Crippen LogP contribution in [0.2, 0.25) is 0 Å². The molecule has 0 radical (unpaired) electrons. The van der Waals surface area contributed by atoms with Crippen molar-refractivity contribution in [1.29, 1.82) is 10.5 Å². The lowest BCUT2D eigenvalue weighted by molar-refractivity contribution is 0.398. The van der Waals surface area contributed by atoms with Crippen molar-refractivity contribution in [3.05, 3.63) is 46.8 Å². The number of nitrogens with zero attached hydrogens (tertiary/aromatic N) is 2. The van der Waals surface area contributed by atoms with Gasteiger partial charge in [0.1, 0.15) is 46.1 Å². The van der Waals surface area contributed by atoms with Crippen LogP contribution < -0.4 is 14.8 Å². The van der Waals surface area contributed by atoms with Gasteiger partial charge in [0.15, 0.2) is 17.5 Å². The van der Waals surface area contributed by atoms with E-state index in [2.05, 4.69) is 5.32 Å². The molecule has 2 aromatic rings. The zero-order valence-electron chi connectivity index (χ0n) is 12.6. The third kappa shape index (κ3) is 2.66. The summed E-state index contributed by atoms with van der Waals surface area (Å²) in [5.41, 5.74) is -2.78. The molecular weight excluding hydrogens is 323 g/mol. The molecule has 0 amide bonds. The quantitative estimate of drug-likeness (QED) is 0.865. The zero-order chi connectivity index (χ0) is 17.9. The van der Waals surface area contributed by atoms with Crippen molar-refractivity contribution < 1.29 is 22.6 Å². The predicted molar refractivity (Wildman–Crippen MR) is 78.6 cm³/mol. The van der Waals surface area contributed by atoms with Gasteiger partial charge in [-0.2, -0.15) is 10.5 Å². The van der Waals surface area contributed by atoms with Crippen molar-refractivity contribution in [2.45, 2.75) is 0 Å². The summed E-state index contributed by atoms with van der Waals surface area (Å²) in [4.78, 5) is 0. The van der Waals surface area contributed by atoms with Gasteiger partial charge in [-0.25, -0.2) is 13.2 Å². The van der Waals surface area contributed by atoms with Gasteiger partial charge in [-0.3, -0.25) is 0 Å². The van der Waals surface area contributed by atoms with Gasteiger partial charge >= 0.3 is 0 Å². The van der Waals surface area contributed by atoms with E-state index in [9.17, 15) is 13.2 Å². The molecule has 5 nitrogen and oxygen atoms in total. The average Bonchev–Trinajstić information content (AvgIpc) is 2.61. The molecule has 2 aromatic carbocycles. The number of rotatable bonds is 4. The number of halogens is 3. The molecule has 0 heterocycles. The first-order valence-corrected chi connectivity index (χ1v) is 6.48. The van der Waals surface area contributed by atoms with Crippen molar-refractivity contribution in [1.82, 2.24) is 0 Å². The number of benzene rings is 2. The van der Waals surface area contributed by atoms with E-state index in [-0.39, 0.29) is 17.2 Å². The molecule has 0 aliphatic rings. The monoisotopic (exact) mass is 333 g/mol. The number of nitrogens with one attached hydrogen (secondary N) is 1. The smallest absolute Gasteiger partial charge is 0.186 e. The summed E-state index contributed by atoms with van der Waals surface area (Å²) in [5.74, 6) is -4.28. The van der Waals surface area contributed by atoms with Crippen LogP contribution in [0.5, 0.6) is 11.5 Å². The highest BCUT2D eigenvalue weighted by Gasteiger charge is 2.26. The lowest BCUT2D eigenvalue weighted by Crippen LogP contribution is -2.07. The van der Waals surface area contributed by atoms with Crippen LogP contribution in [0.15, 0.2) is 18.2 Å². The SMILES string of the molecule is COc1cccc(OC)c1Nc1c(F)c(F)c(C#N)c(C#N)c1F. The summed E-state index contributed by atoms with van der Waals surface area (Å²) < 4.78 is 52.6. The molecule has 0 fully saturated rings. The van der Waals surface area contributed by atoms with Crippen LogP contribution >= 0.6 is 0 Å². The van der Waals surface area contributed by atoms with Crippen LogP contribution in [-0.2, 0) is 0 Å². The number of anilines is 2. The second-order valence-corrected chi connectivity index (χ2v) is 4.45. The molecule has 0 saturated heterocycles. The summed E-state index contributed by atoms with van der Waals surface area (Å²) in [5, 5.41) is 20.1. The molecule has 0 unspecified atom stereocenters. The topological polar surface area (TPSA) is 78.1 Å². The second kappa shape index (κ2) is 6.80. The normalized spacial score (nSPS) is 9.79. The molecule has 0 spiro atoms. The Balaban J connectivity index is 2.72. The molecule has 122 valence electrons. The van der Waals surface area contributed by atoms with Gasteiger partial charge in [0.25, 0.3) is 0 Å². The number of hydrogen-bond acceptors (Lipinski definition) is 5. The van der Waals surface area contributed by atoms with E-state index in [4.69, 9.17) is 20.0 Å². The van der Waals surface area contributed by atoms with Crippen LogP contribution in [0.1, 0.15) is 11.1 Å². The minimum atomic E-state index is -1.63. The Morgan fingerprint density at radius 3 is 1.79 bits per heavy atom. The number of hydrogen-bond donors (Lipinski definition) is 1. The average molecular weight is 333 g/mol. The van der Waals surface area contributed by atoms with Crippen molar-refractivity contribution in [2.24, 2.45) is 0 Å². The number of para-hydroxylation sites is 1. The zero-order valence-corrected chi connectivity index (χ0v) is 12.6. The summed E-state index contributed by atoms with van der Waals surface area (Å²) in [6.45, 7) is 0. The van der Waals surface area contributed by atoms with Crippen LogP contribution in [0.25, 0.3) is 0 Å². The molecule has 2 rings (SSSR count). The maximum atomic E-state index is 14.4. The molecular formula is C16H10F3N3O2. The van der Waals surface area contributed by atoms with Crippen molar-refractivity contribution >= 4 is 11.4 Å². The van der Waals surface area contributed by atoms with Gasteiger partial charge in [0, 0.05) is 0 Å². The highest BCUT2D eigenvalue weighted by atomic mass is 19.2. The van der Waals surface area contributed by atoms with Gasteiger partial charge in [0.05, 0.1) is 14.2 Å². The first-order chi connectivity index (χ1) is 11.5. The van der Waals surface area contributed by atoms with E-state index in [0.29, 0.717) is 0 Å². The van der Waals surface area contributed by atoms with Gasteiger partial charge in [-0.1, -0.05) is 6.07 Å². The molecule has 0 aromatic heterocycles. The van der Waals surface area contributed by atoms with E-state index in [0.717, 1.165) is 0 Å². The fourth-order valence-electron chi connectivity index (χ4n) is 2.08. The van der Waals surface area contributed by atoms with E-state index in [1.807, 2.05) is 0 Å². The van der Waals surface area contributed by atoms with Crippen LogP contribution in [-0.4, -0.2) is 14.2 Å². The van der Waals surface area contributed by atoms with E-state index in [1.54, 1.807) is 6.07 Å². The van der Waals surface area contributed by atoms with Crippen molar-refractivity contribution in [2.75, 3.05) is 19.5 Å². The summed E-state index contributed by atoms with van der Waals surface area (Å²) in [6.07, 6.45) is 0. The maximum Gasteiger partial charge on any atom is 0.186 e. The van der Waals surface area contributed by atoms with E-state index < -0.39 is 34.3 Å².